The molecule has 1 aromatic rings. The van der Waals surface area contributed by atoms with Gasteiger partial charge in [-0.3, -0.25) is 0 Å². The zero-order chi connectivity index (χ0) is 10.2. The fourth-order valence-corrected chi connectivity index (χ4v) is 0.918. The van der Waals surface area contributed by atoms with Crippen molar-refractivity contribution >= 4 is 5.82 Å². The summed E-state index contributed by atoms with van der Waals surface area (Å²) in [5, 5.41) is 11.7. The number of aromatic nitrogens is 2. The van der Waals surface area contributed by atoms with Crippen LogP contribution in [-0.2, 0) is 0 Å². The van der Waals surface area contributed by atoms with Crippen LogP contribution in [0.2, 0.25) is 0 Å². The van der Waals surface area contributed by atoms with Crippen molar-refractivity contribution in [3.8, 4) is 5.88 Å². The van der Waals surface area contributed by atoms with Crippen LogP contribution in [0, 0.1) is 0 Å². The molecule has 5 heteroatoms. The molecule has 1 rings (SSSR count). The number of ether oxygens (including phenoxy) is 1. The molecule has 78 valence electrons. The first-order valence-electron chi connectivity index (χ1n) is 4.66. The second-order valence-corrected chi connectivity index (χ2v) is 2.74. The molecule has 1 aromatic heterocycles. The molecular formula is C9H15N3O2. The predicted octanol–water partition coefficient (Wildman–Crippen LogP) is 0.670. The van der Waals surface area contributed by atoms with Crippen molar-refractivity contribution in [1.82, 2.24) is 9.97 Å². The van der Waals surface area contributed by atoms with E-state index in [1.807, 2.05) is 0 Å². The molecule has 0 unspecified atom stereocenters. The Labute approximate surface area is 83.2 Å². The van der Waals surface area contributed by atoms with Crippen LogP contribution >= 0.6 is 0 Å². The molecule has 5 nitrogen and oxygen atoms in total. The van der Waals surface area contributed by atoms with Crippen molar-refractivity contribution in [1.29, 1.82) is 0 Å². The van der Waals surface area contributed by atoms with E-state index < -0.39 is 0 Å². The molecule has 2 N–H and O–H groups in total. The zero-order valence-corrected chi connectivity index (χ0v) is 8.23. The lowest BCUT2D eigenvalue weighted by molar-refractivity contribution is 0.196. The van der Waals surface area contributed by atoms with Gasteiger partial charge in [0.15, 0.2) is 0 Å². The van der Waals surface area contributed by atoms with Crippen LogP contribution in [-0.4, -0.2) is 34.8 Å². The fraction of sp³-hybridized carbons (Fsp3) is 0.556. The molecular weight excluding hydrogens is 182 g/mol. The lowest BCUT2D eigenvalue weighted by atomic mass is 10.4. The molecule has 0 atom stereocenters. The first-order chi connectivity index (χ1) is 6.86. The van der Waals surface area contributed by atoms with Gasteiger partial charge in [0.1, 0.15) is 18.8 Å². The lowest BCUT2D eigenvalue weighted by Crippen LogP contribution is -2.06. The van der Waals surface area contributed by atoms with Crippen molar-refractivity contribution in [2.24, 2.45) is 0 Å². The Morgan fingerprint density at radius 2 is 2.36 bits per heavy atom. The van der Waals surface area contributed by atoms with Gasteiger partial charge in [0.25, 0.3) is 0 Å². The number of anilines is 1. The van der Waals surface area contributed by atoms with E-state index in [4.69, 9.17) is 9.84 Å². The van der Waals surface area contributed by atoms with Gasteiger partial charge in [-0.05, 0) is 6.42 Å². The van der Waals surface area contributed by atoms with Gasteiger partial charge in [-0.1, -0.05) is 6.92 Å². The van der Waals surface area contributed by atoms with E-state index in [0.29, 0.717) is 5.88 Å². The molecule has 0 fully saturated rings. The summed E-state index contributed by atoms with van der Waals surface area (Å²) in [4.78, 5) is 7.92. The minimum atomic E-state index is -0.0122. The zero-order valence-electron chi connectivity index (χ0n) is 8.23. The maximum atomic E-state index is 8.55. The first kappa shape index (κ1) is 10.7. The lowest BCUT2D eigenvalue weighted by Gasteiger charge is -2.05. The molecule has 0 aliphatic heterocycles. The molecule has 0 aliphatic carbocycles. The second-order valence-electron chi connectivity index (χ2n) is 2.74. The van der Waals surface area contributed by atoms with Gasteiger partial charge in [-0.2, -0.15) is 0 Å². The number of aliphatic hydroxyl groups is 1. The van der Waals surface area contributed by atoms with Gasteiger partial charge in [0, 0.05) is 12.6 Å². The van der Waals surface area contributed by atoms with Crippen LogP contribution in [0.3, 0.4) is 0 Å². The maximum absolute atomic E-state index is 8.55. The molecule has 0 aliphatic rings. The van der Waals surface area contributed by atoms with Crippen LogP contribution < -0.4 is 10.1 Å². The summed E-state index contributed by atoms with van der Waals surface area (Å²) in [7, 11) is 0. The molecule has 0 bridgehead atoms. The van der Waals surface area contributed by atoms with E-state index in [1.54, 1.807) is 6.07 Å². The molecule has 0 aromatic carbocycles. The normalized spacial score (nSPS) is 9.86. The number of aliphatic hydroxyl groups excluding tert-OH is 1. The second kappa shape index (κ2) is 6.15. The quantitative estimate of drug-likeness (QED) is 0.701. The predicted molar refractivity (Wildman–Crippen MR) is 53.4 cm³/mol. The monoisotopic (exact) mass is 197 g/mol. The SMILES string of the molecule is CCCNc1cc(OCCO)ncn1. The third kappa shape index (κ3) is 3.57. The molecule has 0 saturated heterocycles. The summed E-state index contributed by atoms with van der Waals surface area (Å²) in [5.41, 5.74) is 0. The van der Waals surface area contributed by atoms with Gasteiger partial charge in [0.05, 0.1) is 6.61 Å². The average molecular weight is 197 g/mol. The topological polar surface area (TPSA) is 67.3 Å². The standard InChI is InChI=1S/C9H15N3O2/c1-2-3-10-8-6-9(12-7-11-8)14-5-4-13/h6-7,13H,2-5H2,1H3,(H,10,11,12). The maximum Gasteiger partial charge on any atom is 0.218 e. The van der Waals surface area contributed by atoms with E-state index in [9.17, 15) is 0 Å². The van der Waals surface area contributed by atoms with Gasteiger partial charge >= 0.3 is 0 Å². The van der Waals surface area contributed by atoms with Gasteiger partial charge in [0.2, 0.25) is 5.88 Å². The highest BCUT2D eigenvalue weighted by Crippen LogP contribution is 2.10. The number of hydrogen-bond donors (Lipinski definition) is 2. The van der Waals surface area contributed by atoms with Crippen LogP contribution in [0.1, 0.15) is 13.3 Å². The summed E-state index contributed by atoms with van der Waals surface area (Å²) < 4.78 is 5.13. The van der Waals surface area contributed by atoms with E-state index in [1.165, 1.54) is 6.33 Å². The molecule has 0 saturated carbocycles. The Morgan fingerprint density at radius 1 is 1.50 bits per heavy atom. The summed E-state index contributed by atoms with van der Waals surface area (Å²) in [6.45, 7) is 3.19. The summed E-state index contributed by atoms with van der Waals surface area (Å²) in [5.74, 6) is 1.22. The van der Waals surface area contributed by atoms with E-state index in [2.05, 4.69) is 22.2 Å². The Bertz CT molecular complexity index is 245. The number of nitrogens with one attached hydrogen (secondary N) is 1. The minimum Gasteiger partial charge on any atom is -0.475 e. The Balaban J connectivity index is 2.50. The van der Waals surface area contributed by atoms with E-state index >= 15 is 0 Å². The van der Waals surface area contributed by atoms with Gasteiger partial charge in [-0.25, -0.2) is 9.97 Å². The van der Waals surface area contributed by atoms with Crippen LogP contribution in [0.5, 0.6) is 5.88 Å². The average Bonchev–Trinajstić information content (AvgIpc) is 2.24. The highest BCUT2D eigenvalue weighted by Gasteiger charge is 1.97. The molecule has 1 heterocycles. The van der Waals surface area contributed by atoms with Crippen LogP contribution in [0.25, 0.3) is 0 Å². The van der Waals surface area contributed by atoms with Crippen LogP contribution in [0.4, 0.5) is 5.82 Å². The molecule has 0 radical (unpaired) electrons. The fourth-order valence-electron chi connectivity index (χ4n) is 0.918. The summed E-state index contributed by atoms with van der Waals surface area (Å²) in [6.07, 6.45) is 2.47. The van der Waals surface area contributed by atoms with Crippen molar-refractivity contribution in [2.45, 2.75) is 13.3 Å². The Morgan fingerprint density at radius 3 is 3.07 bits per heavy atom. The molecule has 0 spiro atoms. The van der Waals surface area contributed by atoms with E-state index in [-0.39, 0.29) is 13.2 Å². The smallest absolute Gasteiger partial charge is 0.218 e. The highest BCUT2D eigenvalue weighted by atomic mass is 16.5. The first-order valence-corrected chi connectivity index (χ1v) is 4.66. The van der Waals surface area contributed by atoms with Crippen LogP contribution in [0.15, 0.2) is 12.4 Å². The number of nitrogens with zero attached hydrogens (tertiary/aromatic N) is 2. The Kier molecular flexibility index (Phi) is 4.71. The highest BCUT2D eigenvalue weighted by molar-refractivity contribution is 5.36. The van der Waals surface area contributed by atoms with Crippen molar-refractivity contribution in [3.63, 3.8) is 0 Å². The van der Waals surface area contributed by atoms with Crippen molar-refractivity contribution in [2.75, 3.05) is 25.1 Å². The number of hydrogen-bond acceptors (Lipinski definition) is 5. The van der Waals surface area contributed by atoms with Gasteiger partial charge in [-0.15, -0.1) is 0 Å². The molecule has 14 heavy (non-hydrogen) atoms. The molecule has 0 amide bonds. The van der Waals surface area contributed by atoms with Gasteiger partial charge < -0.3 is 15.2 Å². The Hall–Kier alpha value is -1.36. The van der Waals surface area contributed by atoms with Crippen molar-refractivity contribution in [3.05, 3.63) is 12.4 Å². The van der Waals surface area contributed by atoms with Crippen molar-refractivity contribution < 1.29 is 9.84 Å². The van der Waals surface area contributed by atoms with E-state index in [0.717, 1.165) is 18.8 Å². The summed E-state index contributed by atoms with van der Waals surface area (Å²) in [6, 6.07) is 1.71. The number of rotatable bonds is 6. The third-order valence-electron chi connectivity index (χ3n) is 1.54. The third-order valence-corrected chi connectivity index (χ3v) is 1.54. The largest absolute Gasteiger partial charge is 0.475 e. The summed E-state index contributed by atoms with van der Waals surface area (Å²) >= 11 is 0. The minimum absolute atomic E-state index is 0.0122.